The number of piperidine rings is 1. The standard InChI is InChI=1S/C13H16N2O5S/c1-2-10-9-14(7-6-13(10)16)21(19,20)12-5-3-4-11(8-12)15(17)18/h3-5,8,10H,2,6-7,9H2,1H3. The smallest absolute Gasteiger partial charge is 0.270 e. The SMILES string of the molecule is CCC1CN(S(=O)(=O)c2cccc([N+](=O)[O-])c2)CCC1=O. The van der Waals surface area contributed by atoms with Crippen molar-refractivity contribution >= 4 is 21.5 Å². The van der Waals surface area contributed by atoms with Crippen LogP contribution in [0.5, 0.6) is 0 Å². The minimum absolute atomic E-state index is 0.0722. The van der Waals surface area contributed by atoms with Gasteiger partial charge in [-0.1, -0.05) is 13.0 Å². The quantitative estimate of drug-likeness (QED) is 0.621. The number of carbonyl (C=O) groups is 1. The van der Waals surface area contributed by atoms with Crippen molar-refractivity contribution < 1.29 is 18.1 Å². The fourth-order valence-corrected chi connectivity index (χ4v) is 3.89. The number of rotatable bonds is 4. The van der Waals surface area contributed by atoms with Crippen molar-refractivity contribution in [3.63, 3.8) is 0 Å². The molecule has 1 saturated heterocycles. The molecule has 0 aromatic heterocycles. The molecular formula is C13H16N2O5S. The second-order valence-corrected chi connectivity index (χ2v) is 6.88. The number of Topliss-reactive ketones (excluding diaryl/α,β-unsaturated/α-hetero) is 1. The number of nitrogens with zero attached hydrogens (tertiary/aromatic N) is 2. The van der Waals surface area contributed by atoms with E-state index >= 15 is 0 Å². The molecule has 8 heteroatoms. The van der Waals surface area contributed by atoms with Crippen LogP contribution in [0.1, 0.15) is 19.8 Å². The maximum absolute atomic E-state index is 12.5. The molecule has 0 aliphatic carbocycles. The first kappa shape index (κ1) is 15.6. The Morgan fingerprint density at radius 2 is 2.14 bits per heavy atom. The molecule has 1 unspecified atom stereocenters. The molecule has 0 saturated carbocycles. The largest absolute Gasteiger partial charge is 0.299 e. The van der Waals surface area contributed by atoms with Crippen LogP contribution in [0.25, 0.3) is 0 Å². The van der Waals surface area contributed by atoms with Gasteiger partial charge in [0.2, 0.25) is 10.0 Å². The molecule has 2 rings (SSSR count). The number of non-ortho nitro benzene ring substituents is 1. The van der Waals surface area contributed by atoms with Crippen LogP contribution in [0.2, 0.25) is 0 Å². The van der Waals surface area contributed by atoms with Gasteiger partial charge in [-0.25, -0.2) is 8.42 Å². The Kier molecular flexibility index (Phi) is 4.38. The van der Waals surface area contributed by atoms with E-state index in [9.17, 15) is 23.3 Å². The van der Waals surface area contributed by atoms with Crippen LogP contribution < -0.4 is 0 Å². The monoisotopic (exact) mass is 312 g/mol. The number of nitro benzene ring substituents is 1. The van der Waals surface area contributed by atoms with Crippen LogP contribution in [0.3, 0.4) is 0 Å². The van der Waals surface area contributed by atoms with Crippen molar-refractivity contribution in [2.24, 2.45) is 5.92 Å². The molecule has 1 aromatic rings. The summed E-state index contributed by atoms with van der Waals surface area (Å²) in [4.78, 5) is 21.7. The molecule has 1 fully saturated rings. The normalized spacial score (nSPS) is 20.4. The lowest BCUT2D eigenvalue weighted by Gasteiger charge is -2.30. The zero-order valence-corrected chi connectivity index (χ0v) is 12.4. The highest BCUT2D eigenvalue weighted by molar-refractivity contribution is 7.89. The topological polar surface area (TPSA) is 97.6 Å². The second kappa shape index (κ2) is 5.90. The van der Waals surface area contributed by atoms with E-state index in [0.29, 0.717) is 6.42 Å². The molecule has 1 aliphatic rings. The van der Waals surface area contributed by atoms with Crippen LogP contribution in [-0.4, -0.2) is 36.5 Å². The summed E-state index contributed by atoms with van der Waals surface area (Å²) < 4.78 is 26.3. The van der Waals surface area contributed by atoms with Gasteiger partial charge in [0.1, 0.15) is 5.78 Å². The summed E-state index contributed by atoms with van der Waals surface area (Å²) in [7, 11) is -3.81. The maximum Gasteiger partial charge on any atom is 0.270 e. The minimum Gasteiger partial charge on any atom is -0.299 e. The molecule has 1 heterocycles. The lowest BCUT2D eigenvalue weighted by atomic mass is 9.96. The molecule has 114 valence electrons. The fraction of sp³-hybridized carbons (Fsp3) is 0.462. The summed E-state index contributed by atoms with van der Waals surface area (Å²) in [5.41, 5.74) is -0.267. The van der Waals surface area contributed by atoms with E-state index in [2.05, 4.69) is 0 Å². The first-order chi connectivity index (χ1) is 9.86. The molecular weight excluding hydrogens is 296 g/mol. The molecule has 1 aromatic carbocycles. The predicted molar refractivity (Wildman–Crippen MR) is 75.3 cm³/mol. The third-order valence-corrected chi connectivity index (χ3v) is 5.51. The third-order valence-electron chi connectivity index (χ3n) is 3.65. The van der Waals surface area contributed by atoms with Gasteiger partial charge in [-0.05, 0) is 12.5 Å². The second-order valence-electron chi connectivity index (χ2n) is 4.94. The van der Waals surface area contributed by atoms with Crippen molar-refractivity contribution in [3.05, 3.63) is 34.4 Å². The molecule has 0 spiro atoms. The van der Waals surface area contributed by atoms with Crippen molar-refractivity contribution in [3.8, 4) is 0 Å². The average molecular weight is 312 g/mol. The first-order valence-corrected chi connectivity index (χ1v) is 8.07. The van der Waals surface area contributed by atoms with E-state index < -0.39 is 14.9 Å². The zero-order chi connectivity index (χ0) is 15.6. The Labute approximate surface area is 122 Å². The number of sulfonamides is 1. The van der Waals surface area contributed by atoms with Gasteiger partial charge in [0, 0.05) is 37.6 Å². The van der Waals surface area contributed by atoms with Crippen molar-refractivity contribution in [1.82, 2.24) is 4.31 Å². The van der Waals surface area contributed by atoms with E-state index in [-0.39, 0.29) is 41.8 Å². The highest BCUT2D eigenvalue weighted by Crippen LogP contribution is 2.25. The Balaban J connectivity index is 2.32. The minimum atomic E-state index is -3.81. The summed E-state index contributed by atoms with van der Waals surface area (Å²) in [6.07, 6.45) is 0.770. The number of hydrogen-bond donors (Lipinski definition) is 0. The highest BCUT2D eigenvalue weighted by atomic mass is 32.2. The van der Waals surface area contributed by atoms with Crippen molar-refractivity contribution in [2.45, 2.75) is 24.7 Å². The van der Waals surface area contributed by atoms with Crippen molar-refractivity contribution in [2.75, 3.05) is 13.1 Å². The Morgan fingerprint density at radius 1 is 1.43 bits per heavy atom. The Morgan fingerprint density at radius 3 is 2.76 bits per heavy atom. The molecule has 0 radical (unpaired) electrons. The predicted octanol–water partition coefficient (Wildman–Crippen LogP) is 1.58. The summed E-state index contributed by atoms with van der Waals surface area (Å²) in [6.45, 7) is 2.10. The van der Waals surface area contributed by atoms with Gasteiger partial charge < -0.3 is 0 Å². The first-order valence-electron chi connectivity index (χ1n) is 6.63. The van der Waals surface area contributed by atoms with E-state index in [4.69, 9.17) is 0 Å². The summed E-state index contributed by atoms with van der Waals surface area (Å²) in [5.74, 6) is -0.227. The summed E-state index contributed by atoms with van der Waals surface area (Å²) in [5, 5.41) is 10.8. The van der Waals surface area contributed by atoms with Gasteiger partial charge >= 0.3 is 0 Å². The van der Waals surface area contributed by atoms with Crippen molar-refractivity contribution in [1.29, 1.82) is 0 Å². The van der Waals surface area contributed by atoms with Gasteiger partial charge in [-0.2, -0.15) is 4.31 Å². The van der Waals surface area contributed by atoms with Gasteiger partial charge in [0.25, 0.3) is 5.69 Å². The van der Waals surface area contributed by atoms with Gasteiger partial charge in [-0.3, -0.25) is 14.9 Å². The molecule has 0 bridgehead atoms. The Bertz CT molecular complexity index is 671. The highest BCUT2D eigenvalue weighted by Gasteiger charge is 2.34. The van der Waals surface area contributed by atoms with Crippen LogP contribution in [-0.2, 0) is 14.8 Å². The zero-order valence-electron chi connectivity index (χ0n) is 11.6. The van der Waals surface area contributed by atoms with Crippen LogP contribution in [0.4, 0.5) is 5.69 Å². The van der Waals surface area contributed by atoms with E-state index in [0.717, 1.165) is 6.07 Å². The van der Waals surface area contributed by atoms with Crippen LogP contribution in [0.15, 0.2) is 29.2 Å². The average Bonchev–Trinajstić information content (AvgIpc) is 2.47. The number of carbonyl (C=O) groups excluding carboxylic acids is 1. The van der Waals surface area contributed by atoms with Gasteiger partial charge in [0.15, 0.2) is 0 Å². The maximum atomic E-state index is 12.5. The lowest BCUT2D eigenvalue weighted by molar-refractivity contribution is -0.385. The molecule has 7 nitrogen and oxygen atoms in total. The van der Waals surface area contributed by atoms with E-state index in [1.54, 1.807) is 0 Å². The Hall–Kier alpha value is -1.80. The summed E-state index contributed by atoms with van der Waals surface area (Å²) >= 11 is 0. The van der Waals surface area contributed by atoms with E-state index in [1.165, 1.54) is 22.5 Å². The molecule has 21 heavy (non-hydrogen) atoms. The number of ketones is 1. The number of hydrogen-bond acceptors (Lipinski definition) is 5. The summed E-state index contributed by atoms with van der Waals surface area (Å²) in [6, 6.07) is 4.97. The molecule has 0 N–H and O–H groups in total. The van der Waals surface area contributed by atoms with Gasteiger partial charge in [-0.15, -0.1) is 0 Å². The van der Waals surface area contributed by atoms with Crippen LogP contribution >= 0.6 is 0 Å². The van der Waals surface area contributed by atoms with E-state index in [1.807, 2.05) is 6.92 Å². The number of benzene rings is 1. The molecule has 1 aliphatic heterocycles. The lowest BCUT2D eigenvalue weighted by Crippen LogP contribution is -2.43. The molecule has 1 atom stereocenters. The van der Waals surface area contributed by atoms with Gasteiger partial charge in [0.05, 0.1) is 9.82 Å². The third kappa shape index (κ3) is 3.11. The number of nitro groups is 1. The van der Waals surface area contributed by atoms with Crippen LogP contribution in [0, 0.1) is 16.0 Å². The molecule has 0 amide bonds. The fourth-order valence-electron chi connectivity index (χ4n) is 2.36.